The van der Waals surface area contributed by atoms with Gasteiger partial charge in [-0.15, -0.1) is 4.58 Å². The van der Waals surface area contributed by atoms with E-state index in [-0.39, 0.29) is 12.0 Å². The first-order chi connectivity index (χ1) is 12.3. The fraction of sp³-hybridized carbons (Fsp3) is 0.476. The van der Waals surface area contributed by atoms with E-state index in [4.69, 9.17) is 4.74 Å². The van der Waals surface area contributed by atoms with Crippen molar-refractivity contribution in [1.29, 1.82) is 0 Å². The molecule has 0 aromatic heterocycles. The van der Waals surface area contributed by atoms with Crippen LogP contribution in [0.4, 0.5) is 5.69 Å². The van der Waals surface area contributed by atoms with Gasteiger partial charge < -0.3 is 9.84 Å². The van der Waals surface area contributed by atoms with E-state index in [1.54, 1.807) is 0 Å². The third-order valence-electron chi connectivity index (χ3n) is 6.99. The highest BCUT2D eigenvalue weighted by Gasteiger charge is 2.75. The number of aliphatic hydroxyl groups is 1. The molecule has 4 atom stereocenters. The Labute approximate surface area is 147 Å². The monoisotopic (exact) mass is 335 g/mol. The van der Waals surface area contributed by atoms with Gasteiger partial charge in [-0.05, 0) is 31.2 Å². The van der Waals surface area contributed by atoms with Gasteiger partial charge >= 0.3 is 5.90 Å². The van der Waals surface area contributed by atoms with Crippen molar-refractivity contribution in [3.63, 3.8) is 0 Å². The van der Waals surface area contributed by atoms with Crippen molar-refractivity contribution >= 4 is 17.2 Å². The van der Waals surface area contributed by atoms with Crippen molar-refractivity contribution in [2.45, 2.75) is 25.3 Å². The maximum atomic E-state index is 9.57. The lowest BCUT2D eigenvalue weighted by molar-refractivity contribution is -0.453. The van der Waals surface area contributed by atoms with E-state index in [0.29, 0.717) is 12.0 Å². The molecule has 3 unspecified atom stereocenters. The molecule has 1 aromatic rings. The number of ether oxygens (including phenoxy) is 1. The first kappa shape index (κ1) is 14.3. The molecule has 4 bridgehead atoms. The minimum atomic E-state index is -0.0121. The molecular weight excluding hydrogens is 312 g/mol. The van der Waals surface area contributed by atoms with Crippen LogP contribution in [-0.2, 0) is 4.74 Å². The SMILES string of the molecule is COC1=[N+]2C3=C(CCN4CC5C/C(=C/CO)C4[C@]31C5)c1ccccc12. The summed E-state index contributed by atoms with van der Waals surface area (Å²) >= 11 is 0. The summed E-state index contributed by atoms with van der Waals surface area (Å²) in [7, 11) is 1.83. The predicted molar refractivity (Wildman–Crippen MR) is 95.6 cm³/mol. The number of rotatable bonds is 1. The van der Waals surface area contributed by atoms with Crippen LogP contribution in [0, 0.1) is 11.3 Å². The quantitative estimate of drug-likeness (QED) is 0.633. The van der Waals surface area contributed by atoms with Gasteiger partial charge in [-0.2, -0.15) is 0 Å². The molecule has 128 valence electrons. The fourth-order valence-corrected chi connectivity index (χ4v) is 6.49. The predicted octanol–water partition coefficient (Wildman–Crippen LogP) is 2.52. The first-order valence-electron chi connectivity index (χ1n) is 9.38. The topological polar surface area (TPSA) is 35.7 Å². The Morgan fingerprint density at radius 2 is 2.28 bits per heavy atom. The van der Waals surface area contributed by atoms with Crippen LogP contribution in [0.5, 0.6) is 0 Å². The minimum absolute atomic E-state index is 0.0121. The summed E-state index contributed by atoms with van der Waals surface area (Å²) in [6.45, 7) is 2.43. The van der Waals surface area contributed by atoms with Crippen LogP contribution < -0.4 is 0 Å². The molecule has 4 nitrogen and oxygen atoms in total. The Bertz CT molecular complexity index is 897. The minimum Gasteiger partial charge on any atom is -0.450 e. The molecule has 2 saturated heterocycles. The van der Waals surface area contributed by atoms with Crippen LogP contribution in [0.15, 0.2) is 41.6 Å². The van der Waals surface area contributed by atoms with Gasteiger partial charge in [0.1, 0.15) is 0 Å². The molecule has 25 heavy (non-hydrogen) atoms. The van der Waals surface area contributed by atoms with Gasteiger partial charge in [0.25, 0.3) is 0 Å². The lowest BCUT2D eigenvalue weighted by atomic mass is 9.56. The number of benzene rings is 1. The molecule has 1 aliphatic carbocycles. The van der Waals surface area contributed by atoms with Crippen molar-refractivity contribution in [3.05, 3.63) is 47.2 Å². The number of nitrogens with zero attached hydrogens (tertiary/aromatic N) is 2. The third kappa shape index (κ3) is 1.46. The Balaban J connectivity index is 1.65. The third-order valence-corrected chi connectivity index (χ3v) is 6.99. The smallest absolute Gasteiger partial charge is 0.367 e. The van der Waals surface area contributed by atoms with E-state index >= 15 is 0 Å². The first-order valence-corrected chi connectivity index (χ1v) is 9.38. The van der Waals surface area contributed by atoms with Crippen molar-refractivity contribution in [3.8, 4) is 0 Å². The van der Waals surface area contributed by atoms with Crippen molar-refractivity contribution in [1.82, 2.24) is 4.90 Å². The summed E-state index contributed by atoms with van der Waals surface area (Å²) in [4.78, 5) is 2.66. The summed E-state index contributed by atoms with van der Waals surface area (Å²) in [5.74, 6) is 1.78. The normalized spacial score (nSPS) is 38.5. The van der Waals surface area contributed by atoms with Crippen molar-refractivity contribution in [2.24, 2.45) is 11.3 Å². The van der Waals surface area contributed by atoms with Gasteiger partial charge in [-0.3, -0.25) is 4.90 Å². The Hall–Kier alpha value is -1.91. The van der Waals surface area contributed by atoms with Crippen LogP contribution >= 0.6 is 0 Å². The molecule has 0 radical (unpaired) electrons. The summed E-state index contributed by atoms with van der Waals surface area (Å²) in [5, 5.41) is 9.57. The molecule has 5 heterocycles. The van der Waals surface area contributed by atoms with Crippen molar-refractivity contribution in [2.75, 3.05) is 26.8 Å². The van der Waals surface area contributed by atoms with Crippen LogP contribution in [0.1, 0.15) is 24.8 Å². The summed E-state index contributed by atoms with van der Waals surface area (Å²) in [6, 6.07) is 9.12. The second-order valence-corrected chi connectivity index (χ2v) is 8.04. The molecular formula is C21H23N2O2+. The zero-order valence-corrected chi connectivity index (χ0v) is 14.5. The van der Waals surface area contributed by atoms with E-state index in [2.05, 4.69) is 39.8 Å². The molecule has 1 spiro atoms. The maximum absolute atomic E-state index is 9.57. The van der Waals surface area contributed by atoms with E-state index in [1.807, 2.05) is 7.11 Å². The van der Waals surface area contributed by atoms with E-state index in [9.17, 15) is 5.11 Å². The summed E-state index contributed by atoms with van der Waals surface area (Å²) < 4.78 is 8.43. The lowest BCUT2D eigenvalue weighted by Gasteiger charge is -2.56. The van der Waals surface area contributed by atoms with Gasteiger partial charge in [-0.25, -0.2) is 0 Å². The average Bonchev–Trinajstić information content (AvgIpc) is 2.88. The lowest BCUT2D eigenvalue weighted by Crippen LogP contribution is -2.68. The van der Waals surface area contributed by atoms with Crippen LogP contribution in [0.25, 0.3) is 5.57 Å². The number of piperidine rings is 2. The van der Waals surface area contributed by atoms with Gasteiger partial charge in [0.2, 0.25) is 11.4 Å². The van der Waals surface area contributed by atoms with Crippen LogP contribution in [0.2, 0.25) is 0 Å². The molecule has 0 amide bonds. The van der Waals surface area contributed by atoms with Gasteiger partial charge in [0, 0.05) is 24.7 Å². The summed E-state index contributed by atoms with van der Waals surface area (Å²) in [5.41, 5.74) is 7.10. The fourth-order valence-electron chi connectivity index (χ4n) is 6.49. The molecule has 1 N–H and O–H groups in total. The Morgan fingerprint density at radius 1 is 1.40 bits per heavy atom. The zero-order chi connectivity index (χ0) is 16.8. The summed E-state index contributed by atoms with van der Waals surface area (Å²) in [6.07, 6.45) is 5.49. The number of para-hydroxylation sites is 1. The number of hydrogen-bond donors (Lipinski definition) is 1. The molecule has 7 rings (SSSR count). The maximum Gasteiger partial charge on any atom is 0.367 e. The molecule has 4 heteroatoms. The molecule has 1 aromatic carbocycles. The molecule has 3 fully saturated rings. The zero-order valence-electron chi connectivity index (χ0n) is 14.5. The van der Waals surface area contributed by atoms with Gasteiger partial charge in [0.15, 0.2) is 5.41 Å². The Kier molecular flexibility index (Phi) is 2.64. The largest absolute Gasteiger partial charge is 0.450 e. The number of fused-ring (bicyclic) bond motifs is 4. The second kappa shape index (κ2) is 4.63. The standard InChI is InChI=1S/C21H23N2O2/c1-25-20-21-11-13-10-14(7-9-24)18(21)22(12-13)8-6-16-15-4-2-3-5-17(15)23(20)19(16)21/h2-5,7,13,18,24H,6,8-12H2,1H3/q+1/b14-7-/t13?,18?,21-/m1/s1. The number of aliphatic hydroxyl groups excluding tert-OH is 1. The number of methoxy groups -OCH3 is 1. The highest BCUT2D eigenvalue weighted by Crippen LogP contribution is 2.65. The molecule has 1 saturated carbocycles. The van der Waals surface area contributed by atoms with E-state index < -0.39 is 0 Å². The highest BCUT2D eigenvalue weighted by atomic mass is 16.5. The van der Waals surface area contributed by atoms with Gasteiger partial charge in [0.05, 0.1) is 25.3 Å². The van der Waals surface area contributed by atoms with Gasteiger partial charge in [-0.1, -0.05) is 23.8 Å². The average molecular weight is 335 g/mol. The van der Waals surface area contributed by atoms with Crippen molar-refractivity contribution < 1.29 is 14.4 Å². The second-order valence-electron chi connectivity index (χ2n) is 8.04. The molecule has 5 aliphatic heterocycles. The number of hydrogen-bond acceptors (Lipinski definition) is 3. The van der Waals surface area contributed by atoms with Crippen LogP contribution in [-0.4, -0.2) is 53.3 Å². The van der Waals surface area contributed by atoms with Crippen LogP contribution in [0.3, 0.4) is 0 Å². The Morgan fingerprint density at radius 3 is 3.12 bits per heavy atom. The van der Waals surface area contributed by atoms with E-state index in [1.165, 1.54) is 41.1 Å². The highest BCUT2D eigenvalue weighted by molar-refractivity contribution is 5.98. The molecule has 6 aliphatic rings. The van der Waals surface area contributed by atoms with E-state index in [0.717, 1.165) is 25.3 Å².